The molecule has 106 valence electrons. The van der Waals surface area contributed by atoms with Crippen molar-refractivity contribution >= 4 is 5.97 Å². The van der Waals surface area contributed by atoms with Crippen molar-refractivity contribution < 1.29 is 23.7 Å². The van der Waals surface area contributed by atoms with Crippen LogP contribution in [0.2, 0.25) is 0 Å². The second-order valence-electron chi connectivity index (χ2n) is 3.34. The highest BCUT2D eigenvalue weighted by molar-refractivity contribution is 5.82. The summed E-state index contributed by atoms with van der Waals surface area (Å²) >= 11 is 0. The minimum atomic E-state index is -0.410. The maximum absolute atomic E-state index is 11.4. The monoisotopic (exact) mass is 260 g/mol. The molecule has 0 saturated carbocycles. The Morgan fingerprint density at radius 3 is 1.94 bits per heavy atom. The molecule has 0 heterocycles. The zero-order chi connectivity index (χ0) is 13.8. The Hall–Kier alpha value is -1.07. The summed E-state index contributed by atoms with van der Waals surface area (Å²) in [5.41, 5.74) is 0. The maximum Gasteiger partial charge on any atom is 0.334 e. The van der Waals surface area contributed by atoms with Crippen molar-refractivity contribution in [3.05, 3.63) is 11.8 Å². The Bertz CT molecular complexity index is 244. The Labute approximate surface area is 109 Å². The molecule has 0 aliphatic rings. The molecule has 0 radical (unpaired) electrons. The molecule has 0 aromatic rings. The smallest absolute Gasteiger partial charge is 0.334 e. The van der Waals surface area contributed by atoms with Crippen molar-refractivity contribution in [1.29, 1.82) is 0 Å². The third-order valence-corrected chi connectivity index (χ3v) is 1.97. The lowest BCUT2D eigenvalue weighted by Crippen LogP contribution is -2.19. The second-order valence-corrected chi connectivity index (χ2v) is 3.34. The Kier molecular flexibility index (Phi) is 10.4. The molecule has 0 aliphatic carbocycles. The van der Waals surface area contributed by atoms with E-state index in [1.165, 1.54) is 6.08 Å². The molecular weight excluding hydrogens is 236 g/mol. The SMILES string of the molecule is CCOC(=O)/C=C(/CC(OCC)OCC)OCC. The van der Waals surface area contributed by atoms with Gasteiger partial charge in [0.2, 0.25) is 0 Å². The van der Waals surface area contributed by atoms with Crippen LogP contribution in [0.4, 0.5) is 0 Å². The van der Waals surface area contributed by atoms with Gasteiger partial charge < -0.3 is 18.9 Å². The van der Waals surface area contributed by atoms with Gasteiger partial charge in [0.25, 0.3) is 0 Å². The molecule has 0 saturated heterocycles. The van der Waals surface area contributed by atoms with Crippen LogP contribution in [0.25, 0.3) is 0 Å². The average Bonchev–Trinajstić information content (AvgIpc) is 2.30. The molecule has 5 nitrogen and oxygen atoms in total. The van der Waals surface area contributed by atoms with Crippen molar-refractivity contribution in [3.8, 4) is 0 Å². The van der Waals surface area contributed by atoms with E-state index in [2.05, 4.69) is 0 Å². The molecule has 0 N–H and O–H groups in total. The number of esters is 1. The minimum Gasteiger partial charge on any atom is -0.498 e. The fourth-order valence-corrected chi connectivity index (χ4v) is 1.36. The van der Waals surface area contributed by atoms with Crippen molar-refractivity contribution in [2.45, 2.75) is 40.4 Å². The maximum atomic E-state index is 11.4. The normalized spacial score (nSPS) is 11.7. The third kappa shape index (κ3) is 8.08. The van der Waals surface area contributed by atoms with E-state index < -0.39 is 12.3 Å². The molecule has 5 heteroatoms. The van der Waals surface area contributed by atoms with E-state index in [4.69, 9.17) is 18.9 Å². The van der Waals surface area contributed by atoms with E-state index in [-0.39, 0.29) is 0 Å². The molecule has 0 rings (SSSR count). The largest absolute Gasteiger partial charge is 0.498 e. The van der Waals surface area contributed by atoms with E-state index in [1.54, 1.807) is 6.92 Å². The second kappa shape index (κ2) is 11.0. The lowest BCUT2D eigenvalue weighted by atomic mass is 10.3. The number of carbonyl (C=O) groups is 1. The first kappa shape index (κ1) is 16.9. The standard InChI is InChI=1S/C13H24O5/c1-5-15-11(9-12(14)16-6-2)10-13(17-7-3)18-8-4/h9,13H,5-8,10H2,1-4H3/b11-9-. The topological polar surface area (TPSA) is 54.0 Å². The van der Waals surface area contributed by atoms with E-state index in [0.29, 0.717) is 38.6 Å². The molecule has 0 spiro atoms. The molecule has 0 unspecified atom stereocenters. The molecule has 0 atom stereocenters. The molecule has 0 aromatic carbocycles. The average molecular weight is 260 g/mol. The lowest BCUT2D eigenvalue weighted by molar-refractivity contribution is -0.141. The lowest BCUT2D eigenvalue weighted by Gasteiger charge is -2.18. The zero-order valence-electron chi connectivity index (χ0n) is 11.7. The highest BCUT2D eigenvalue weighted by atomic mass is 16.7. The Balaban J connectivity index is 4.50. The van der Waals surface area contributed by atoms with Crippen LogP contribution in [0.3, 0.4) is 0 Å². The first-order valence-corrected chi connectivity index (χ1v) is 6.41. The van der Waals surface area contributed by atoms with E-state index in [1.807, 2.05) is 20.8 Å². The van der Waals surface area contributed by atoms with Crippen LogP contribution < -0.4 is 0 Å². The van der Waals surface area contributed by atoms with Crippen molar-refractivity contribution in [2.24, 2.45) is 0 Å². The number of rotatable bonds is 10. The summed E-state index contributed by atoms with van der Waals surface area (Å²) in [5.74, 6) is 0.107. The van der Waals surface area contributed by atoms with Crippen LogP contribution >= 0.6 is 0 Å². The van der Waals surface area contributed by atoms with Gasteiger partial charge in [0.05, 0.1) is 25.7 Å². The van der Waals surface area contributed by atoms with Gasteiger partial charge in [-0.05, 0) is 27.7 Å². The quantitative estimate of drug-likeness (QED) is 0.261. The Morgan fingerprint density at radius 1 is 0.944 bits per heavy atom. The van der Waals surface area contributed by atoms with Gasteiger partial charge in [-0.2, -0.15) is 0 Å². The third-order valence-electron chi connectivity index (χ3n) is 1.97. The van der Waals surface area contributed by atoms with Crippen LogP contribution in [-0.2, 0) is 23.7 Å². The molecule has 0 aliphatic heterocycles. The number of hydrogen-bond donors (Lipinski definition) is 0. The fraction of sp³-hybridized carbons (Fsp3) is 0.769. The number of carbonyl (C=O) groups excluding carboxylic acids is 1. The summed E-state index contributed by atoms with van der Waals surface area (Å²) < 4.78 is 21.0. The van der Waals surface area contributed by atoms with E-state index in [9.17, 15) is 4.79 Å². The van der Waals surface area contributed by atoms with Crippen LogP contribution in [0.5, 0.6) is 0 Å². The van der Waals surface area contributed by atoms with Gasteiger partial charge in [-0.25, -0.2) is 4.79 Å². The van der Waals surface area contributed by atoms with Gasteiger partial charge in [0.1, 0.15) is 5.76 Å². The van der Waals surface area contributed by atoms with Crippen LogP contribution in [-0.4, -0.2) is 38.7 Å². The van der Waals surface area contributed by atoms with Crippen LogP contribution in [0.1, 0.15) is 34.1 Å². The van der Waals surface area contributed by atoms with Gasteiger partial charge in [0, 0.05) is 13.2 Å². The predicted octanol–water partition coefficient (Wildman–Crippen LogP) is 2.26. The summed E-state index contributed by atoms with van der Waals surface area (Å²) in [6.07, 6.45) is 1.35. The number of ether oxygens (including phenoxy) is 4. The predicted molar refractivity (Wildman–Crippen MR) is 68.0 cm³/mol. The van der Waals surface area contributed by atoms with Crippen LogP contribution in [0.15, 0.2) is 11.8 Å². The van der Waals surface area contributed by atoms with E-state index >= 15 is 0 Å². The van der Waals surface area contributed by atoms with Crippen molar-refractivity contribution in [3.63, 3.8) is 0 Å². The molecular formula is C13H24O5. The van der Waals surface area contributed by atoms with Crippen molar-refractivity contribution in [2.75, 3.05) is 26.4 Å². The Morgan fingerprint density at radius 2 is 1.50 bits per heavy atom. The first-order valence-electron chi connectivity index (χ1n) is 6.41. The molecule has 0 fully saturated rings. The highest BCUT2D eigenvalue weighted by Gasteiger charge is 2.13. The molecule has 0 bridgehead atoms. The van der Waals surface area contributed by atoms with Gasteiger partial charge in [-0.3, -0.25) is 0 Å². The van der Waals surface area contributed by atoms with Gasteiger partial charge in [-0.1, -0.05) is 0 Å². The zero-order valence-corrected chi connectivity index (χ0v) is 11.7. The highest BCUT2D eigenvalue weighted by Crippen LogP contribution is 2.12. The van der Waals surface area contributed by atoms with E-state index in [0.717, 1.165) is 0 Å². The van der Waals surface area contributed by atoms with Gasteiger partial charge in [-0.15, -0.1) is 0 Å². The summed E-state index contributed by atoms with van der Waals surface area (Å²) in [4.78, 5) is 11.4. The molecule has 18 heavy (non-hydrogen) atoms. The summed E-state index contributed by atoms with van der Waals surface area (Å²) in [5, 5.41) is 0. The molecule has 0 aromatic heterocycles. The van der Waals surface area contributed by atoms with Crippen LogP contribution in [0, 0.1) is 0 Å². The first-order chi connectivity index (χ1) is 8.67. The van der Waals surface area contributed by atoms with Gasteiger partial charge in [0.15, 0.2) is 6.29 Å². The summed E-state index contributed by atoms with van der Waals surface area (Å²) in [7, 11) is 0. The summed E-state index contributed by atoms with van der Waals surface area (Å²) in [6, 6.07) is 0. The summed E-state index contributed by atoms with van der Waals surface area (Å²) in [6.45, 7) is 9.31. The van der Waals surface area contributed by atoms with Crippen molar-refractivity contribution in [1.82, 2.24) is 0 Å². The minimum absolute atomic E-state index is 0.342. The number of hydrogen-bond acceptors (Lipinski definition) is 5. The van der Waals surface area contributed by atoms with Gasteiger partial charge >= 0.3 is 5.97 Å². The fourth-order valence-electron chi connectivity index (χ4n) is 1.36. The molecule has 0 amide bonds.